The van der Waals surface area contributed by atoms with E-state index >= 15 is 0 Å². The van der Waals surface area contributed by atoms with Gasteiger partial charge in [-0.1, -0.05) is 0 Å². The highest BCUT2D eigenvalue weighted by atomic mass is 15.3. The van der Waals surface area contributed by atoms with Crippen LogP contribution in [-0.2, 0) is 0 Å². The van der Waals surface area contributed by atoms with Gasteiger partial charge in [-0.15, -0.1) is 0 Å². The minimum absolute atomic E-state index is 0.391. The Bertz CT molecular complexity index is 258. The molecule has 1 aromatic rings. The first kappa shape index (κ1) is 8.72. The maximum absolute atomic E-state index is 4.34. The van der Waals surface area contributed by atoms with Gasteiger partial charge in [0.1, 0.15) is 0 Å². The summed E-state index contributed by atoms with van der Waals surface area (Å²) in [5.74, 6) is 0. The summed E-state index contributed by atoms with van der Waals surface area (Å²) in [4.78, 5) is 0. The summed E-state index contributed by atoms with van der Waals surface area (Å²) in [6.07, 6.45) is 4.08. The lowest BCUT2D eigenvalue weighted by Gasteiger charge is -2.27. The molecule has 2 heterocycles. The SMILES string of the molecule is CNC(C)c1cnn(C2CNC2)c1. The van der Waals surface area contributed by atoms with E-state index in [4.69, 9.17) is 0 Å². The average Bonchev–Trinajstić information content (AvgIpc) is 2.49. The number of hydrogen-bond acceptors (Lipinski definition) is 3. The second kappa shape index (κ2) is 3.47. The number of hydrogen-bond donors (Lipinski definition) is 2. The molecule has 72 valence electrons. The lowest BCUT2D eigenvalue weighted by atomic mass is 10.2. The zero-order valence-corrected chi connectivity index (χ0v) is 8.12. The molecule has 2 rings (SSSR count). The van der Waals surface area contributed by atoms with E-state index in [2.05, 4.69) is 33.5 Å². The molecule has 1 unspecified atom stereocenters. The molecule has 1 aromatic heterocycles. The Hall–Kier alpha value is -0.870. The average molecular weight is 180 g/mol. The van der Waals surface area contributed by atoms with Crippen molar-refractivity contribution in [3.05, 3.63) is 18.0 Å². The van der Waals surface area contributed by atoms with Crippen molar-refractivity contribution >= 4 is 0 Å². The van der Waals surface area contributed by atoms with E-state index < -0.39 is 0 Å². The van der Waals surface area contributed by atoms with Gasteiger partial charge in [0.25, 0.3) is 0 Å². The maximum atomic E-state index is 4.34. The molecular weight excluding hydrogens is 164 g/mol. The molecule has 0 aromatic carbocycles. The zero-order chi connectivity index (χ0) is 9.26. The van der Waals surface area contributed by atoms with Gasteiger partial charge in [-0.05, 0) is 14.0 Å². The number of nitrogens with one attached hydrogen (secondary N) is 2. The summed E-state index contributed by atoms with van der Waals surface area (Å²) >= 11 is 0. The van der Waals surface area contributed by atoms with Crippen LogP contribution in [0.2, 0.25) is 0 Å². The third-order valence-corrected chi connectivity index (χ3v) is 2.69. The molecule has 1 aliphatic rings. The first-order chi connectivity index (χ1) is 6.31. The lowest BCUT2D eigenvalue weighted by molar-refractivity contribution is 0.318. The fourth-order valence-corrected chi connectivity index (χ4v) is 1.40. The molecule has 0 radical (unpaired) electrons. The van der Waals surface area contributed by atoms with Gasteiger partial charge in [-0.3, -0.25) is 4.68 Å². The first-order valence-corrected chi connectivity index (χ1v) is 4.73. The number of nitrogens with zero attached hydrogens (tertiary/aromatic N) is 2. The minimum Gasteiger partial charge on any atom is -0.313 e. The van der Waals surface area contributed by atoms with Crippen LogP contribution in [0.25, 0.3) is 0 Å². The van der Waals surface area contributed by atoms with Crippen molar-refractivity contribution in [2.75, 3.05) is 20.1 Å². The topological polar surface area (TPSA) is 41.9 Å². The highest BCUT2D eigenvalue weighted by Crippen LogP contribution is 2.15. The maximum Gasteiger partial charge on any atom is 0.0767 e. The van der Waals surface area contributed by atoms with Crippen LogP contribution in [0.3, 0.4) is 0 Å². The van der Waals surface area contributed by atoms with E-state index in [0.29, 0.717) is 12.1 Å². The Morgan fingerprint density at radius 1 is 1.69 bits per heavy atom. The van der Waals surface area contributed by atoms with Gasteiger partial charge < -0.3 is 10.6 Å². The summed E-state index contributed by atoms with van der Waals surface area (Å²) in [6, 6.07) is 0.958. The fourth-order valence-electron chi connectivity index (χ4n) is 1.40. The second-order valence-electron chi connectivity index (χ2n) is 3.58. The van der Waals surface area contributed by atoms with Gasteiger partial charge in [0.05, 0.1) is 12.2 Å². The molecule has 0 bridgehead atoms. The predicted molar refractivity (Wildman–Crippen MR) is 51.6 cm³/mol. The lowest BCUT2D eigenvalue weighted by Crippen LogP contribution is -2.43. The summed E-state index contributed by atoms with van der Waals surface area (Å²) < 4.78 is 2.06. The molecule has 1 atom stereocenters. The molecule has 0 amide bonds. The Kier molecular flexibility index (Phi) is 2.33. The molecule has 13 heavy (non-hydrogen) atoms. The van der Waals surface area contributed by atoms with Gasteiger partial charge in [-0.25, -0.2) is 0 Å². The molecule has 1 aliphatic heterocycles. The van der Waals surface area contributed by atoms with Gasteiger partial charge in [0.2, 0.25) is 0 Å². The third-order valence-electron chi connectivity index (χ3n) is 2.69. The monoisotopic (exact) mass is 180 g/mol. The molecule has 0 aliphatic carbocycles. The van der Waals surface area contributed by atoms with Crippen LogP contribution in [0.15, 0.2) is 12.4 Å². The first-order valence-electron chi connectivity index (χ1n) is 4.73. The summed E-state index contributed by atoms with van der Waals surface area (Å²) in [6.45, 7) is 4.24. The van der Waals surface area contributed by atoms with E-state index in [9.17, 15) is 0 Å². The smallest absolute Gasteiger partial charge is 0.0767 e. The summed E-state index contributed by atoms with van der Waals surface area (Å²) in [7, 11) is 1.97. The van der Waals surface area contributed by atoms with Crippen molar-refractivity contribution in [3.8, 4) is 0 Å². The van der Waals surface area contributed by atoms with Crippen molar-refractivity contribution in [1.82, 2.24) is 20.4 Å². The Morgan fingerprint density at radius 2 is 2.46 bits per heavy atom. The Labute approximate surface area is 78.3 Å². The zero-order valence-electron chi connectivity index (χ0n) is 8.12. The molecule has 1 saturated heterocycles. The van der Waals surface area contributed by atoms with E-state index in [1.165, 1.54) is 5.56 Å². The molecule has 1 fully saturated rings. The Morgan fingerprint density at radius 3 is 3.00 bits per heavy atom. The predicted octanol–water partition coefficient (Wildman–Crippen LogP) is 0.308. The van der Waals surface area contributed by atoms with Crippen molar-refractivity contribution in [1.29, 1.82) is 0 Å². The normalized spacial score (nSPS) is 19.8. The minimum atomic E-state index is 0.391. The molecule has 0 saturated carbocycles. The molecule has 4 nitrogen and oxygen atoms in total. The van der Waals surface area contributed by atoms with Crippen LogP contribution in [0.1, 0.15) is 24.6 Å². The van der Waals surface area contributed by atoms with E-state index in [0.717, 1.165) is 13.1 Å². The van der Waals surface area contributed by atoms with Crippen LogP contribution in [0.4, 0.5) is 0 Å². The van der Waals surface area contributed by atoms with Crippen molar-refractivity contribution in [3.63, 3.8) is 0 Å². The van der Waals surface area contributed by atoms with Crippen molar-refractivity contribution < 1.29 is 0 Å². The Balaban J connectivity index is 2.08. The second-order valence-corrected chi connectivity index (χ2v) is 3.58. The molecular formula is C9H16N4. The van der Waals surface area contributed by atoms with Crippen LogP contribution < -0.4 is 10.6 Å². The van der Waals surface area contributed by atoms with Crippen LogP contribution in [0.5, 0.6) is 0 Å². The summed E-state index contributed by atoms with van der Waals surface area (Å²) in [5, 5.41) is 10.8. The molecule has 4 heteroatoms. The van der Waals surface area contributed by atoms with Crippen LogP contribution in [0, 0.1) is 0 Å². The van der Waals surface area contributed by atoms with Gasteiger partial charge in [0.15, 0.2) is 0 Å². The van der Waals surface area contributed by atoms with E-state index in [1.807, 2.05) is 13.2 Å². The standard InChI is InChI=1S/C9H16N4/c1-7(10-2)8-3-12-13(6-8)9-4-11-5-9/h3,6-7,9-11H,4-5H2,1-2H3. The molecule has 0 spiro atoms. The number of aromatic nitrogens is 2. The fraction of sp³-hybridized carbons (Fsp3) is 0.667. The van der Waals surface area contributed by atoms with E-state index in [-0.39, 0.29) is 0 Å². The third kappa shape index (κ3) is 1.59. The van der Waals surface area contributed by atoms with Gasteiger partial charge >= 0.3 is 0 Å². The largest absolute Gasteiger partial charge is 0.313 e. The highest BCUT2D eigenvalue weighted by Gasteiger charge is 2.19. The van der Waals surface area contributed by atoms with E-state index in [1.54, 1.807) is 0 Å². The number of rotatable bonds is 3. The van der Waals surface area contributed by atoms with Gasteiger partial charge in [-0.2, -0.15) is 5.10 Å². The van der Waals surface area contributed by atoms with Crippen LogP contribution >= 0.6 is 0 Å². The highest BCUT2D eigenvalue weighted by molar-refractivity contribution is 5.10. The van der Waals surface area contributed by atoms with Crippen LogP contribution in [-0.4, -0.2) is 29.9 Å². The summed E-state index contributed by atoms with van der Waals surface area (Å²) in [5.41, 5.74) is 1.26. The quantitative estimate of drug-likeness (QED) is 0.703. The van der Waals surface area contributed by atoms with Gasteiger partial charge in [0, 0.05) is 30.9 Å². The van der Waals surface area contributed by atoms with Crippen molar-refractivity contribution in [2.24, 2.45) is 0 Å². The molecule has 2 N–H and O–H groups in total. The van der Waals surface area contributed by atoms with Crippen molar-refractivity contribution in [2.45, 2.75) is 19.0 Å².